The van der Waals surface area contributed by atoms with Crippen LogP contribution in [-0.4, -0.2) is 34.3 Å². The Labute approximate surface area is 166 Å². The van der Waals surface area contributed by atoms with Gasteiger partial charge in [-0.05, 0) is 37.6 Å². The molecule has 8 nitrogen and oxygen atoms in total. The minimum atomic E-state index is -1.21. The summed E-state index contributed by atoms with van der Waals surface area (Å²) in [7, 11) is 0. The molecule has 4 rings (SSSR count). The summed E-state index contributed by atoms with van der Waals surface area (Å²) in [5, 5.41) is 5.39. The minimum absolute atomic E-state index is 0.387. The van der Waals surface area contributed by atoms with Gasteiger partial charge in [-0.15, -0.1) is 0 Å². The van der Waals surface area contributed by atoms with Crippen LogP contribution in [0.1, 0.15) is 23.9 Å². The van der Waals surface area contributed by atoms with Crippen molar-refractivity contribution in [1.29, 1.82) is 0 Å². The van der Waals surface area contributed by atoms with E-state index >= 15 is 0 Å². The number of amides is 4. The maximum atomic E-state index is 12.9. The molecule has 1 aromatic heterocycles. The quantitative estimate of drug-likeness (QED) is 0.665. The van der Waals surface area contributed by atoms with Gasteiger partial charge in [0.2, 0.25) is 5.91 Å². The molecule has 0 spiro atoms. The van der Waals surface area contributed by atoms with Crippen molar-refractivity contribution < 1.29 is 18.8 Å². The van der Waals surface area contributed by atoms with Gasteiger partial charge >= 0.3 is 6.03 Å². The van der Waals surface area contributed by atoms with Crippen molar-refractivity contribution >= 4 is 34.6 Å². The second kappa shape index (κ2) is 6.73. The van der Waals surface area contributed by atoms with Crippen molar-refractivity contribution in [3.05, 3.63) is 59.5 Å². The highest BCUT2D eigenvalue weighted by molar-refractivity contribution is 6.10. The van der Waals surface area contributed by atoms with E-state index in [1.165, 1.54) is 0 Å². The largest absolute Gasteiger partial charge is 0.441 e. The van der Waals surface area contributed by atoms with Crippen molar-refractivity contribution in [3.8, 4) is 0 Å². The van der Waals surface area contributed by atoms with Crippen LogP contribution < -0.4 is 10.6 Å². The van der Waals surface area contributed by atoms with E-state index in [0.29, 0.717) is 28.2 Å². The number of fused-ring (bicyclic) bond motifs is 1. The maximum absolute atomic E-state index is 12.9. The summed E-state index contributed by atoms with van der Waals surface area (Å²) in [6.45, 7) is 4.93. The third kappa shape index (κ3) is 3.33. The van der Waals surface area contributed by atoms with Crippen LogP contribution in [0.2, 0.25) is 0 Å². The number of urea groups is 1. The molecule has 1 fully saturated rings. The Bertz CT molecular complexity index is 1140. The Morgan fingerprint density at radius 3 is 2.62 bits per heavy atom. The lowest BCUT2D eigenvalue weighted by molar-refractivity contribution is -0.133. The number of nitrogens with one attached hydrogen (secondary N) is 2. The fourth-order valence-electron chi connectivity index (χ4n) is 3.39. The summed E-state index contributed by atoms with van der Waals surface area (Å²) in [4.78, 5) is 42.9. The van der Waals surface area contributed by atoms with E-state index in [1.54, 1.807) is 44.2 Å². The molecule has 1 saturated heterocycles. The first-order valence-corrected chi connectivity index (χ1v) is 9.14. The SMILES string of the molecule is Cc1ccc(C2(C)NC(=O)N(CC(=O)Nc3ccc4oc(C)nc4c3)C2=O)cc1. The molecule has 2 heterocycles. The van der Waals surface area contributed by atoms with Gasteiger partial charge in [0.1, 0.15) is 17.6 Å². The van der Waals surface area contributed by atoms with Gasteiger partial charge in [-0.2, -0.15) is 0 Å². The van der Waals surface area contributed by atoms with Gasteiger partial charge in [0.25, 0.3) is 5.91 Å². The summed E-state index contributed by atoms with van der Waals surface area (Å²) in [6, 6.07) is 11.8. The van der Waals surface area contributed by atoms with E-state index in [0.717, 1.165) is 10.5 Å². The highest BCUT2D eigenvalue weighted by Gasteiger charge is 2.49. The Balaban J connectivity index is 1.49. The molecule has 2 N–H and O–H groups in total. The molecule has 3 aromatic rings. The first kappa shape index (κ1) is 18.7. The number of hydrogen-bond acceptors (Lipinski definition) is 5. The predicted molar refractivity (Wildman–Crippen MR) is 106 cm³/mol. The highest BCUT2D eigenvalue weighted by atomic mass is 16.3. The maximum Gasteiger partial charge on any atom is 0.325 e. The molecule has 1 atom stereocenters. The van der Waals surface area contributed by atoms with Crippen molar-refractivity contribution in [2.75, 3.05) is 11.9 Å². The van der Waals surface area contributed by atoms with E-state index in [9.17, 15) is 14.4 Å². The lowest BCUT2D eigenvalue weighted by Crippen LogP contribution is -2.42. The van der Waals surface area contributed by atoms with Gasteiger partial charge in [-0.3, -0.25) is 14.5 Å². The Morgan fingerprint density at radius 1 is 1.17 bits per heavy atom. The molecule has 2 aromatic carbocycles. The molecule has 148 valence electrons. The van der Waals surface area contributed by atoms with Gasteiger partial charge in [0.15, 0.2) is 11.5 Å². The van der Waals surface area contributed by atoms with Crippen molar-refractivity contribution in [2.24, 2.45) is 0 Å². The van der Waals surface area contributed by atoms with Gasteiger partial charge in [0, 0.05) is 12.6 Å². The number of nitrogens with zero attached hydrogens (tertiary/aromatic N) is 2. The van der Waals surface area contributed by atoms with E-state index in [2.05, 4.69) is 15.6 Å². The predicted octanol–water partition coefficient (Wildman–Crippen LogP) is 2.85. The van der Waals surface area contributed by atoms with Crippen LogP contribution in [0.25, 0.3) is 11.1 Å². The van der Waals surface area contributed by atoms with E-state index in [4.69, 9.17) is 4.42 Å². The molecule has 1 aliphatic heterocycles. The standard InChI is InChI=1S/C21H20N4O4/c1-12-4-6-14(7-5-12)21(3)19(27)25(20(28)24-21)11-18(26)23-15-8-9-17-16(10-15)22-13(2)29-17/h4-10H,11H2,1-3H3,(H,23,26)(H,24,28). The van der Waals surface area contributed by atoms with Crippen molar-refractivity contribution in [3.63, 3.8) is 0 Å². The second-order valence-electron chi connectivity index (χ2n) is 7.28. The number of aromatic nitrogens is 1. The molecule has 8 heteroatoms. The molecule has 0 bridgehead atoms. The summed E-state index contributed by atoms with van der Waals surface area (Å²) >= 11 is 0. The fourth-order valence-corrected chi connectivity index (χ4v) is 3.39. The molecule has 29 heavy (non-hydrogen) atoms. The Morgan fingerprint density at radius 2 is 1.90 bits per heavy atom. The third-order valence-electron chi connectivity index (χ3n) is 4.98. The number of anilines is 1. The number of rotatable bonds is 4. The van der Waals surface area contributed by atoms with Crippen LogP contribution >= 0.6 is 0 Å². The number of imide groups is 1. The molecule has 1 aliphatic rings. The monoisotopic (exact) mass is 392 g/mol. The molecule has 0 saturated carbocycles. The smallest absolute Gasteiger partial charge is 0.325 e. The molecule has 0 radical (unpaired) electrons. The number of benzene rings is 2. The summed E-state index contributed by atoms with van der Waals surface area (Å²) in [5.74, 6) is -0.427. The van der Waals surface area contributed by atoms with E-state index in [1.807, 2.05) is 19.1 Å². The van der Waals surface area contributed by atoms with Crippen LogP contribution in [0.5, 0.6) is 0 Å². The average Bonchev–Trinajstić information content (AvgIpc) is 3.14. The molecular weight excluding hydrogens is 372 g/mol. The van der Waals surface area contributed by atoms with Crippen LogP contribution in [0.3, 0.4) is 0 Å². The second-order valence-corrected chi connectivity index (χ2v) is 7.28. The van der Waals surface area contributed by atoms with Crippen LogP contribution in [-0.2, 0) is 15.1 Å². The number of aryl methyl sites for hydroxylation is 2. The van der Waals surface area contributed by atoms with Gasteiger partial charge in [-0.1, -0.05) is 29.8 Å². The van der Waals surface area contributed by atoms with E-state index in [-0.39, 0.29) is 6.54 Å². The molecular formula is C21H20N4O4. The Kier molecular flexibility index (Phi) is 4.34. The first-order valence-electron chi connectivity index (χ1n) is 9.14. The minimum Gasteiger partial charge on any atom is -0.441 e. The number of carbonyl (C=O) groups is 3. The van der Waals surface area contributed by atoms with Crippen LogP contribution in [0, 0.1) is 13.8 Å². The Hall–Kier alpha value is -3.68. The first-order chi connectivity index (χ1) is 13.8. The van der Waals surface area contributed by atoms with Crippen LogP contribution in [0.4, 0.5) is 10.5 Å². The lowest BCUT2D eigenvalue weighted by Gasteiger charge is -2.22. The van der Waals surface area contributed by atoms with E-state index < -0.39 is 23.4 Å². The van der Waals surface area contributed by atoms with Gasteiger partial charge in [-0.25, -0.2) is 9.78 Å². The van der Waals surface area contributed by atoms with Gasteiger partial charge < -0.3 is 15.1 Å². The molecule has 0 aliphatic carbocycles. The molecule has 4 amide bonds. The molecule has 1 unspecified atom stereocenters. The lowest BCUT2D eigenvalue weighted by atomic mass is 9.91. The summed E-state index contributed by atoms with van der Waals surface area (Å²) < 4.78 is 5.41. The number of carbonyl (C=O) groups excluding carboxylic acids is 3. The third-order valence-corrected chi connectivity index (χ3v) is 4.98. The highest BCUT2D eigenvalue weighted by Crippen LogP contribution is 2.29. The topological polar surface area (TPSA) is 105 Å². The number of oxazole rings is 1. The van der Waals surface area contributed by atoms with Gasteiger partial charge in [0.05, 0.1) is 0 Å². The number of hydrogen-bond donors (Lipinski definition) is 2. The fraction of sp³-hybridized carbons (Fsp3) is 0.238. The average molecular weight is 392 g/mol. The normalized spacial score (nSPS) is 18.9. The van der Waals surface area contributed by atoms with Crippen molar-refractivity contribution in [2.45, 2.75) is 26.3 Å². The zero-order chi connectivity index (χ0) is 20.8. The zero-order valence-electron chi connectivity index (χ0n) is 16.3. The van der Waals surface area contributed by atoms with Crippen molar-refractivity contribution in [1.82, 2.24) is 15.2 Å². The zero-order valence-corrected chi connectivity index (χ0v) is 16.3. The van der Waals surface area contributed by atoms with Crippen LogP contribution in [0.15, 0.2) is 46.9 Å². The summed E-state index contributed by atoms with van der Waals surface area (Å²) in [6.07, 6.45) is 0. The summed E-state index contributed by atoms with van der Waals surface area (Å²) in [5.41, 5.74) is 2.23.